The van der Waals surface area contributed by atoms with Gasteiger partial charge in [-0.2, -0.15) is 0 Å². The van der Waals surface area contributed by atoms with Gasteiger partial charge in [-0.05, 0) is 40.4 Å². The van der Waals surface area contributed by atoms with Gasteiger partial charge in [0, 0.05) is 12.0 Å². The van der Waals surface area contributed by atoms with E-state index in [9.17, 15) is 4.79 Å². The van der Waals surface area contributed by atoms with Crippen molar-refractivity contribution in [3.8, 4) is 5.75 Å². The number of methoxy groups -OCH3 is 1. The number of halogens is 2. The van der Waals surface area contributed by atoms with E-state index in [1.54, 1.807) is 13.2 Å². The SMILES string of the molecule is COc1c(Cl)cc2c(c1Br)CCCC2=O. The molecule has 15 heavy (non-hydrogen) atoms. The van der Waals surface area contributed by atoms with E-state index >= 15 is 0 Å². The third-order valence-electron chi connectivity index (χ3n) is 2.61. The first-order chi connectivity index (χ1) is 7.15. The van der Waals surface area contributed by atoms with Crippen LogP contribution in [0.1, 0.15) is 28.8 Å². The van der Waals surface area contributed by atoms with Crippen LogP contribution in [0.25, 0.3) is 0 Å². The lowest BCUT2D eigenvalue weighted by Gasteiger charge is -2.18. The van der Waals surface area contributed by atoms with Crippen molar-refractivity contribution in [1.82, 2.24) is 0 Å². The minimum atomic E-state index is 0.168. The van der Waals surface area contributed by atoms with Crippen molar-refractivity contribution in [3.63, 3.8) is 0 Å². The van der Waals surface area contributed by atoms with Crippen molar-refractivity contribution in [3.05, 3.63) is 26.7 Å². The summed E-state index contributed by atoms with van der Waals surface area (Å²) in [5.41, 5.74) is 1.76. The Bertz CT molecular complexity index is 429. The second kappa shape index (κ2) is 4.14. The molecule has 1 aromatic rings. The zero-order valence-corrected chi connectivity index (χ0v) is 10.6. The van der Waals surface area contributed by atoms with Crippen molar-refractivity contribution in [2.75, 3.05) is 7.11 Å². The van der Waals surface area contributed by atoms with Crippen LogP contribution in [0.2, 0.25) is 5.02 Å². The minimum Gasteiger partial charge on any atom is -0.494 e. The Balaban J connectivity index is 2.66. The second-order valence-corrected chi connectivity index (χ2v) is 4.71. The molecular weight excluding hydrogens is 279 g/mol. The van der Waals surface area contributed by atoms with Gasteiger partial charge in [0.15, 0.2) is 11.5 Å². The predicted octanol–water partition coefficient (Wildman–Crippen LogP) is 3.63. The van der Waals surface area contributed by atoms with Crippen molar-refractivity contribution in [2.45, 2.75) is 19.3 Å². The molecule has 0 bridgehead atoms. The van der Waals surface area contributed by atoms with E-state index in [1.807, 2.05) is 0 Å². The molecule has 0 saturated heterocycles. The normalized spacial score (nSPS) is 15.0. The number of benzene rings is 1. The molecule has 0 amide bonds. The fraction of sp³-hybridized carbons (Fsp3) is 0.364. The van der Waals surface area contributed by atoms with Crippen LogP contribution in [0.3, 0.4) is 0 Å². The van der Waals surface area contributed by atoms with Crippen molar-refractivity contribution >= 4 is 33.3 Å². The number of ketones is 1. The van der Waals surface area contributed by atoms with E-state index in [1.165, 1.54) is 0 Å². The topological polar surface area (TPSA) is 26.3 Å². The lowest BCUT2D eigenvalue weighted by molar-refractivity contribution is 0.0972. The van der Waals surface area contributed by atoms with Crippen molar-refractivity contribution in [2.24, 2.45) is 0 Å². The van der Waals surface area contributed by atoms with E-state index in [4.69, 9.17) is 16.3 Å². The number of ether oxygens (including phenoxy) is 1. The molecule has 1 aliphatic rings. The third kappa shape index (κ3) is 1.79. The van der Waals surface area contributed by atoms with Gasteiger partial charge < -0.3 is 4.74 Å². The van der Waals surface area contributed by atoms with Crippen LogP contribution in [0.4, 0.5) is 0 Å². The van der Waals surface area contributed by atoms with Gasteiger partial charge >= 0.3 is 0 Å². The first kappa shape index (κ1) is 11.0. The molecule has 0 radical (unpaired) electrons. The van der Waals surface area contributed by atoms with Gasteiger partial charge in [-0.25, -0.2) is 0 Å². The molecule has 0 atom stereocenters. The lowest BCUT2D eigenvalue weighted by Crippen LogP contribution is -2.12. The fourth-order valence-electron chi connectivity index (χ4n) is 1.88. The van der Waals surface area contributed by atoms with Gasteiger partial charge in [0.25, 0.3) is 0 Å². The summed E-state index contributed by atoms with van der Waals surface area (Å²) < 4.78 is 6.01. The van der Waals surface area contributed by atoms with Crippen LogP contribution in [0.5, 0.6) is 5.75 Å². The summed E-state index contributed by atoms with van der Waals surface area (Å²) in [4.78, 5) is 11.7. The Morgan fingerprint density at radius 1 is 1.47 bits per heavy atom. The summed E-state index contributed by atoms with van der Waals surface area (Å²) in [5, 5.41) is 0.485. The Morgan fingerprint density at radius 2 is 2.20 bits per heavy atom. The first-order valence-electron chi connectivity index (χ1n) is 4.73. The molecule has 0 saturated carbocycles. The maximum absolute atomic E-state index is 11.7. The van der Waals surface area contributed by atoms with Gasteiger partial charge in [-0.15, -0.1) is 0 Å². The smallest absolute Gasteiger partial charge is 0.163 e. The Labute approximate surface area is 102 Å². The van der Waals surface area contributed by atoms with Crippen LogP contribution < -0.4 is 4.74 Å². The summed E-state index contributed by atoms with van der Waals surface area (Å²) in [7, 11) is 1.57. The van der Waals surface area contributed by atoms with E-state index in [-0.39, 0.29) is 5.78 Å². The Morgan fingerprint density at radius 3 is 2.87 bits per heavy atom. The van der Waals surface area contributed by atoms with Crippen LogP contribution >= 0.6 is 27.5 Å². The molecule has 4 heteroatoms. The highest BCUT2D eigenvalue weighted by Gasteiger charge is 2.23. The molecule has 0 fully saturated rings. The predicted molar refractivity (Wildman–Crippen MR) is 63.0 cm³/mol. The summed E-state index contributed by atoms with van der Waals surface area (Å²) in [6, 6.07) is 1.71. The lowest BCUT2D eigenvalue weighted by atomic mass is 9.90. The average Bonchev–Trinajstić information content (AvgIpc) is 2.20. The summed E-state index contributed by atoms with van der Waals surface area (Å²) in [6.45, 7) is 0. The average molecular weight is 290 g/mol. The van der Waals surface area contributed by atoms with Crippen LogP contribution in [-0.4, -0.2) is 12.9 Å². The number of hydrogen-bond acceptors (Lipinski definition) is 2. The number of carbonyl (C=O) groups is 1. The molecule has 1 aromatic carbocycles. The molecule has 0 aliphatic heterocycles. The van der Waals surface area contributed by atoms with Gasteiger partial charge in [0.05, 0.1) is 16.6 Å². The Hall–Kier alpha value is -0.540. The molecule has 1 aliphatic carbocycles. The van der Waals surface area contributed by atoms with E-state index < -0.39 is 0 Å². The summed E-state index contributed by atoms with van der Waals surface area (Å²) in [6.07, 6.45) is 2.41. The maximum atomic E-state index is 11.7. The largest absolute Gasteiger partial charge is 0.494 e. The molecule has 0 unspecified atom stereocenters. The molecular formula is C11H10BrClO2. The number of carbonyl (C=O) groups excluding carboxylic acids is 1. The summed E-state index contributed by atoms with van der Waals surface area (Å²) in [5.74, 6) is 0.784. The van der Waals surface area contributed by atoms with Gasteiger partial charge in [-0.3, -0.25) is 4.79 Å². The van der Waals surface area contributed by atoms with E-state index in [0.717, 1.165) is 28.4 Å². The quantitative estimate of drug-likeness (QED) is 0.789. The minimum absolute atomic E-state index is 0.168. The van der Waals surface area contributed by atoms with Crippen molar-refractivity contribution < 1.29 is 9.53 Å². The fourth-order valence-corrected chi connectivity index (χ4v) is 3.06. The summed E-state index contributed by atoms with van der Waals surface area (Å²) >= 11 is 9.47. The van der Waals surface area contributed by atoms with Crippen LogP contribution in [0, 0.1) is 0 Å². The number of Topliss-reactive ketones (excluding diaryl/α,β-unsaturated/α-hetero) is 1. The number of fused-ring (bicyclic) bond motifs is 1. The monoisotopic (exact) mass is 288 g/mol. The first-order valence-corrected chi connectivity index (χ1v) is 5.90. The molecule has 0 heterocycles. The van der Waals surface area contributed by atoms with Crippen molar-refractivity contribution in [1.29, 1.82) is 0 Å². The number of hydrogen-bond donors (Lipinski definition) is 0. The third-order valence-corrected chi connectivity index (χ3v) is 3.73. The van der Waals surface area contributed by atoms with Gasteiger partial charge in [0.1, 0.15) is 0 Å². The standard InChI is InChI=1S/C11H10BrClO2/c1-15-11-8(13)5-7-6(10(11)12)3-2-4-9(7)14/h5H,2-4H2,1H3. The van der Waals surface area contributed by atoms with Crippen LogP contribution in [-0.2, 0) is 6.42 Å². The molecule has 2 rings (SSSR count). The highest BCUT2D eigenvalue weighted by molar-refractivity contribution is 9.10. The molecule has 0 N–H and O–H groups in total. The maximum Gasteiger partial charge on any atom is 0.163 e. The number of rotatable bonds is 1. The molecule has 2 nitrogen and oxygen atoms in total. The highest BCUT2D eigenvalue weighted by atomic mass is 79.9. The zero-order valence-electron chi connectivity index (χ0n) is 8.27. The van der Waals surface area contributed by atoms with Gasteiger partial charge in [-0.1, -0.05) is 11.6 Å². The molecule has 0 spiro atoms. The highest BCUT2D eigenvalue weighted by Crippen LogP contribution is 2.40. The van der Waals surface area contributed by atoms with E-state index in [0.29, 0.717) is 17.2 Å². The Kier molecular flexibility index (Phi) is 3.03. The van der Waals surface area contributed by atoms with Gasteiger partial charge in [0.2, 0.25) is 0 Å². The molecule has 80 valence electrons. The van der Waals surface area contributed by atoms with Crippen LogP contribution in [0.15, 0.2) is 10.5 Å². The zero-order chi connectivity index (χ0) is 11.0. The molecule has 0 aromatic heterocycles. The second-order valence-electron chi connectivity index (χ2n) is 3.51. The van der Waals surface area contributed by atoms with E-state index in [2.05, 4.69) is 15.9 Å².